The van der Waals surface area contributed by atoms with E-state index in [2.05, 4.69) is 30.6 Å². The van der Waals surface area contributed by atoms with Crippen molar-refractivity contribution in [3.63, 3.8) is 0 Å². The maximum Gasteiger partial charge on any atom is 0.199 e. The number of guanidine groups is 2. The summed E-state index contributed by atoms with van der Waals surface area (Å²) in [4.78, 5) is 17.8. The second kappa shape index (κ2) is 9.86. The molecule has 4 rings (SSSR count). The number of nitrogens with one attached hydrogen (secondary N) is 2. The molecule has 4 aromatic rings. The number of aromatic nitrogens is 2. The van der Waals surface area contributed by atoms with E-state index in [0.29, 0.717) is 23.0 Å². The second-order valence-electron chi connectivity index (χ2n) is 6.74. The minimum atomic E-state index is 0.243. The summed E-state index contributed by atoms with van der Waals surface area (Å²) in [6.45, 7) is 0. The highest BCUT2D eigenvalue weighted by Gasteiger charge is 2.05. The first-order valence-corrected chi connectivity index (χ1v) is 9.93. The van der Waals surface area contributed by atoms with E-state index in [-0.39, 0.29) is 11.9 Å². The molecule has 2 heterocycles. The van der Waals surface area contributed by atoms with Crippen LogP contribution in [-0.4, -0.2) is 21.9 Å². The molecule has 0 bridgehead atoms. The molecular formula is C24H22N8. The van der Waals surface area contributed by atoms with Crippen LogP contribution in [0, 0.1) is 0 Å². The van der Waals surface area contributed by atoms with Crippen molar-refractivity contribution in [1.29, 1.82) is 0 Å². The third kappa shape index (κ3) is 5.67. The van der Waals surface area contributed by atoms with E-state index in [4.69, 9.17) is 11.5 Å². The SMILES string of the molecule is N/C(=N\c1cccc(-c2cccc(/N=C(\N)Nc3ccccc3)n2)n1)Nc1ccccc1. The zero-order chi connectivity index (χ0) is 22.2. The Kier molecular flexibility index (Phi) is 6.33. The number of pyridine rings is 2. The van der Waals surface area contributed by atoms with Crippen LogP contribution in [0.2, 0.25) is 0 Å². The van der Waals surface area contributed by atoms with Gasteiger partial charge in [0.2, 0.25) is 0 Å². The van der Waals surface area contributed by atoms with Gasteiger partial charge in [-0.25, -0.2) is 9.97 Å². The maximum absolute atomic E-state index is 6.01. The number of aliphatic imine (C=N–C) groups is 2. The zero-order valence-electron chi connectivity index (χ0n) is 17.2. The molecule has 0 fully saturated rings. The molecule has 2 aromatic heterocycles. The predicted octanol–water partition coefficient (Wildman–Crippen LogP) is 4.26. The van der Waals surface area contributed by atoms with Gasteiger partial charge in [0.1, 0.15) is 0 Å². The van der Waals surface area contributed by atoms with Gasteiger partial charge in [0, 0.05) is 11.4 Å². The average Bonchev–Trinajstić information content (AvgIpc) is 2.80. The van der Waals surface area contributed by atoms with Gasteiger partial charge in [-0.3, -0.25) is 0 Å². The van der Waals surface area contributed by atoms with Crippen molar-refractivity contribution >= 4 is 34.9 Å². The minimum Gasteiger partial charge on any atom is -0.369 e. The first-order valence-electron chi connectivity index (χ1n) is 9.93. The van der Waals surface area contributed by atoms with Crippen LogP contribution in [0.4, 0.5) is 23.0 Å². The van der Waals surface area contributed by atoms with Crippen LogP contribution in [-0.2, 0) is 0 Å². The molecule has 0 aliphatic rings. The highest BCUT2D eigenvalue weighted by atomic mass is 15.1. The molecule has 0 saturated carbocycles. The highest BCUT2D eigenvalue weighted by molar-refractivity contribution is 5.94. The molecule has 0 aliphatic carbocycles. The molecule has 32 heavy (non-hydrogen) atoms. The summed E-state index contributed by atoms with van der Waals surface area (Å²) in [5.41, 5.74) is 15.0. The average molecular weight is 422 g/mol. The van der Waals surface area contributed by atoms with Crippen molar-refractivity contribution in [3.05, 3.63) is 97.1 Å². The molecule has 0 atom stereocenters. The lowest BCUT2D eigenvalue weighted by atomic mass is 10.2. The van der Waals surface area contributed by atoms with Crippen molar-refractivity contribution in [2.24, 2.45) is 21.5 Å². The van der Waals surface area contributed by atoms with E-state index in [1.165, 1.54) is 0 Å². The summed E-state index contributed by atoms with van der Waals surface area (Å²) >= 11 is 0. The monoisotopic (exact) mass is 422 g/mol. The third-order valence-corrected chi connectivity index (χ3v) is 4.29. The van der Waals surface area contributed by atoms with Crippen LogP contribution in [0.15, 0.2) is 107 Å². The standard InChI is InChI=1S/C24H22N8/c25-23(27-17-9-3-1-4-10-17)31-21-15-7-13-19(29-21)20-14-8-16-22(30-20)32-24(26)28-18-11-5-2-6-12-18/h1-16H,(H3,25,27,29,31)(H3,26,28,30,32). The number of anilines is 2. The second-order valence-corrected chi connectivity index (χ2v) is 6.74. The molecular weight excluding hydrogens is 400 g/mol. The number of para-hydroxylation sites is 2. The van der Waals surface area contributed by atoms with E-state index >= 15 is 0 Å². The number of hydrogen-bond donors (Lipinski definition) is 4. The maximum atomic E-state index is 6.01. The molecule has 0 spiro atoms. The smallest absolute Gasteiger partial charge is 0.199 e. The summed E-state index contributed by atoms with van der Waals surface area (Å²) in [5, 5.41) is 6.07. The van der Waals surface area contributed by atoms with E-state index in [1.807, 2.05) is 84.9 Å². The summed E-state index contributed by atoms with van der Waals surface area (Å²) in [6, 6.07) is 30.1. The van der Waals surface area contributed by atoms with Crippen molar-refractivity contribution in [3.8, 4) is 11.4 Å². The van der Waals surface area contributed by atoms with Crippen molar-refractivity contribution < 1.29 is 0 Å². The topological polar surface area (TPSA) is 127 Å². The molecule has 158 valence electrons. The van der Waals surface area contributed by atoms with Gasteiger partial charge in [-0.15, -0.1) is 0 Å². The summed E-state index contributed by atoms with van der Waals surface area (Å²) in [6.07, 6.45) is 0. The molecule has 0 saturated heterocycles. The highest BCUT2D eigenvalue weighted by Crippen LogP contribution is 2.21. The zero-order valence-corrected chi connectivity index (χ0v) is 17.2. The van der Waals surface area contributed by atoms with Gasteiger partial charge in [0.15, 0.2) is 23.6 Å². The van der Waals surface area contributed by atoms with E-state index in [1.54, 1.807) is 12.1 Å². The fourth-order valence-corrected chi connectivity index (χ4v) is 2.90. The Labute approximate surface area is 185 Å². The summed E-state index contributed by atoms with van der Waals surface area (Å²) in [7, 11) is 0. The first-order chi connectivity index (χ1) is 15.7. The van der Waals surface area contributed by atoms with Crippen LogP contribution in [0.3, 0.4) is 0 Å². The fourth-order valence-electron chi connectivity index (χ4n) is 2.90. The Morgan fingerprint density at radius 1 is 0.531 bits per heavy atom. The van der Waals surface area contributed by atoms with Gasteiger partial charge in [-0.05, 0) is 48.5 Å². The van der Waals surface area contributed by atoms with Crippen molar-refractivity contribution in [2.75, 3.05) is 10.6 Å². The molecule has 6 N–H and O–H groups in total. The summed E-state index contributed by atoms with van der Waals surface area (Å²) < 4.78 is 0. The number of nitrogens with zero attached hydrogens (tertiary/aromatic N) is 4. The third-order valence-electron chi connectivity index (χ3n) is 4.29. The van der Waals surface area contributed by atoms with Gasteiger partial charge >= 0.3 is 0 Å². The Morgan fingerprint density at radius 2 is 0.938 bits per heavy atom. The van der Waals surface area contributed by atoms with Gasteiger partial charge in [-0.2, -0.15) is 9.98 Å². The molecule has 0 aliphatic heterocycles. The quantitative estimate of drug-likeness (QED) is 0.281. The lowest BCUT2D eigenvalue weighted by Gasteiger charge is -2.07. The normalized spacial score (nSPS) is 11.8. The van der Waals surface area contributed by atoms with E-state index in [9.17, 15) is 0 Å². The Hall–Kier alpha value is -4.72. The number of rotatable bonds is 5. The Bertz CT molecular complexity index is 1140. The van der Waals surface area contributed by atoms with Crippen LogP contribution < -0.4 is 22.1 Å². The Morgan fingerprint density at radius 3 is 1.34 bits per heavy atom. The number of nitrogens with two attached hydrogens (primary N) is 2. The van der Waals surface area contributed by atoms with E-state index < -0.39 is 0 Å². The number of benzene rings is 2. The van der Waals surface area contributed by atoms with Gasteiger partial charge < -0.3 is 22.1 Å². The predicted molar refractivity (Wildman–Crippen MR) is 130 cm³/mol. The molecule has 0 unspecified atom stereocenters. The molecule has 8 heteroatoms. The van der Waals surface area contributed by atoms with Gasteiger partial charge in [0.25, 0.3) is 0 Å². The van der Waals surface area contributed by atoms with Crippen molar-refractivity contribution in [1.82, 2.24) is 9.97 Å². The molecule has 0 radical (unpaired) electrons. The largest absolute Gasteiger partial charge is 0.369 e. The van der Waals surface area contributed by atoms with Gasteiger partial charge in [0.05, 0.1) is 11.4 Å². The first kappa shape index (κ1) is 20.5. The van der Waals surface area contributed by atoms with Gasteiger partial charge in [-0.1, -0.05) is 48.5 Å². The van der Waals surface area contributed by atoms with E-state index in [0.717, 1.165) is 11.4 Å². The van der Waals surface area contributed by atoms with Crippen LogP contribution in [0.25, 0.3) is 11.4 Å². The van der Waals surface area contributed by atoms with Crippen LogP contribution in [0.5, 0.6) is 0 Å². The van der Waals surface area contributed by atoms with Crippen molar-refractivity contribution in [2.45, 2.75) is 0 Å². The fraction of sp³-hybridized carbons (Fsp3) is 0. The lowest BCUT2D eigenvalue weighted by Crippen LogP contribution is -2.22. The number of hydrogen-bond acceptors (Lipinski definition) is 4. The molecule has 8 nitrogen and oxygen atoms in total. The van der Waals surface area contributed by atoms with Crippen LogP contribution >= 0.6 is 0 Å². The lowest BCUT2D eigenvalue weighted by molar-refractivity contribution is 1.20. The summed E-state index contributed by atoms with van der Waals surface area (Å²) in [5.74, 6) is 1.41. The minimum absolute atomic E-state index is 0.243. The molecule has 2 aromatic carbocycles. The molecule has 0 amide bonds. The Balaban J connectivity index is 1.52. The van der Waals surface area contributed by atoms with Crippen LogP contribution in [0.1, 0.15) is 0 Å².